The quantitative estimate of drug-likeness (QED) is 0.943. The standard InChI is InChI=1S/C10H6Cl2FN3O2S/c11-7-2-1-6(13)3-8(7)19(17,18)16-10-5-14-4-9(12)15-10/h1-5H,(H,15,16). The molecule has 0 amide bonds. The van der Waals surface area contributed by atoms with Crippen molar-refractivity contribution in [2.45, 2.75) is 4.90 Å². The lowest BCUT2D eigenvalue weighted by atomic mass is 10.3. The third kappa shape index (κ3) is 3.31. The van der Waals surface area contributed by atoms with Gasteiger partial charge in [0.15, 0.2) is 5.82 Å². The summed E-state index contributed by atoms with van der Waals surface area (Å²) < 4.78 is 39.2. The first-order chi connectivity index (χ1) is 8.88. The van der Waals surface area contributed by atoms with Crippen molar-refractivity contribution in [1.29, 1.82) is 0 Å². The van der Waals surface area contributed by atoms with Crippen molar-refractivity contribution in [3.05, 3.63) is 46.6 Å². The minimum absolute atomic E-state index is 0.0190. The molecule has 1 heterocycles. The zero-order valence-corrected chi connectivity index (χ0v) is 11.5. The zero-order chi connectivity index (χ0) is 14.0. The summed E-state index contributed by atoms with van der Waals surface area (Å²) in [5, 5.41) is -0.0885. The molecule has 2 rings (SSSR count). The first-order valence-electron chi connectivity index (χ1n) is 4.84. The van der Waals surface area contributed by atoms with Crippen LogP contribution in [0.25, 0.3) is 0 Å². The average Bonchev–Trinajstić information content (AvgIpc) is 2.31. The van der Waals surface area contributed by atoms with E-state index >= 15 is 0 Å². The fraction of sp³-hybridized carbons (Fsp3) is 0. The van der Waals surface area contributed by atoms with Gasteiger partial charge in [-0.05, 0) is 18.2 Å². The molecule has 2 aromatic rings. The Labute approximate surface area is 118 Å². The van der Waals surface area contributed by atoms with Gasteiger partial charge in [0.25, 0.3) is 10.0 Å². The summed E-state index contributed by atoms with van der Waals surface area (Å²) in [6.45, 7) is 0. The van der Waals surface area contributed by atoms with Crippen LogP contribution in [0.2, 0.25) is 10.2 Å². The van der Waals surface area contributed by atoms with Crippen molar-refractivity contribution < 1.29 is 12.8 Å². The first-order valence-corrected chi connectivity index (χ1v) is 7.08. The Balaban J connectivity index is 2.40. The van der Waals surface area contributed by atoms with E-state index < -0.39 is 20.7 Å². The summed E-state index contributed by atoms with van der Waals surface area (Å²) in [6.07, 6.45) is 2.41. The maximum absolute atomic E-state index is 13.1. The van der Waals surface area contributed by atoms with Crippen LogP contribution >= 0.6 is 23.2 Å². The largest absolute Gasteiger partial charge is 0.264 e. The molecule has 0 aliphatic heterocycles. The van der Waals surface area contributed by atoms with Crippen LogP contribution in [-0.4, -0.2) is 18.4 Å². The lowest BCUT2D eigenvalue weighted by Crippen LogP contribution is -2.15. The predicted molar refractivity (Wildman–Crippen MR) is 69.3 cm³/mol. The Morgan fingerprint density at radius 3 is 2.63 bits per heavy atom. The van der Waals surface area contributed by atoms with Crippen LogP contribution in [0.15, 0.2) is 35.5 Å². The molecule has 1 aromatic heterocycles. The highest BCUT2D eigenvalue weighted by molar-refractivity contribution is 7.92. The Morgan fingerprint density at radius 1 is 1.21 bits per heavy atom. The lowest BCUT2D eigenvalue weighted by molar-refractivity contribution is 0.595. The third-order valence-corrected chi connectivity index (χ3v) is 4.05. The highest BCUT2D eigenvalue weighted by atomic mass is 35.5. The molecule has 0 saturated carbocycles. The second kappa shape index (κ2) is 5.28. The van der Waals surface area contributed by atoms with Crippen molar-refractivity contribution in [2.24, 2.45) is 0 Å². The van der Waals surface area contributed by atoms with E-state index in [4.69, 9.17) is 23.2 Å². The lowest BCUT2D eigenvalue weighted by Gasteiger charge is -2.08. The summed E-state index contributed by atoms with van der Waals surface area (Å²) in [4.78, 5) is 6.99. The monoisotopic (exact) mass is 321 g/mol. The van der Waals surface area contributed by atoms with Crippen LogP contribution in [0.5, 0.6) is 0 Å². The molecule has 19 heavy (non-hydrogen) atoms. The molecule has 1 aromatic carbocycles. The summed E-state index contributed by atoms with van der Waals surface area (Å²) in [6, 6.07) is 3.01. The molecule has 0 unspecified atom stereocenters. The highest BCUT2D eigenvalue weighted by Crippen LogP contribution is 2.24. The number of benzene rings is 1. The van der Waals surface area contributed by atoms with Gasteiger partial charge in [0.2, 0.25) is 0 Å². The predicted octanol–water partition coefficient (Wildman–Crippen LogP) is 2.72. The van der Waals surface area contributed by atoms with Crippen molar-refractivity contribution in [3.63, 3.8) is 0 Å². The topological polar surface area (TPSA) is 72.0 Å². The number of rotatable bonds is 3. The van der Waals surface area contributed by atoms with Gasteiger partial charge in [0, 0.05) is 0 Å². The number of halogens is 3. The van der Waals surface area contributed by atoms with Crippen molar-refractivity contribution in [2.75, 3.05) is 4.72 Å². The van der Waals surface area contributed by atoms with Crippen molar-refractivity contribution in [3.8, 4) is 0 Å². The molecular formula is C10H6Cl2FN3O2S. The maximum atomic E-state index is 13.1. The molecule has 0 fully saturated rings. The average molecular weight is 322 g/mol. The Hall–Kier alpha value is -1.44. The molecule has 0 atom stereocenters. The van der Waals surface area contributed by atoms with E-state index in [0.29, 0.717) is 0 Å². The molecule has 0 saturated heterocycles. The first kappa shape index (κ1) is 14.0. The molecule has 5 nitrogen and oxygen atoms in total. The van der Waals surface area contributed by atoms with E-state index in [1.54, 1.807) is 0 Å². The molecule has 0 spiro atoms. The van der Waals surface area contributed by atoms with Gasteiger partial charge < -0.3 is 0 Å². The van der Waals surface area contributed by atoms with Crippen LogP contribution in [0, 0.1) is 5.82 Å². The van der Waals surface area contributed by atoms with Crippen LogP contribution in [0.1, 0.15) is 0 Å². The number of sulfonamides is 1. The van der Waals surface area contributed by atoms with Crippen molar-refractivity contribution >= 4 is 39.0 Å². The fourth-order valence-corrected chi connectivity index (χ4v) is 2.91. The number of nitrogens with one attached hydrogen (secondary N) is 1. The molecule has 0 bridgehead atoms. The van der Waals surface area contributed by atoms with Crippen LogP contribution in [0.3, 0.4) is 0 Å². The highest BCUT2D eigenvalue weighted by Gasteiger charge is 2.19. The molecule has 9 heteroatoms. The smallest absolute Gasteiger partial charge is 0.262 e. The molecule has 1 N–H and O–H groups in total. The number of hydrogen-bond donors (Lipinski definition) is 1. The van der Waals surface area contributed by atoms with Gasteiger partial charge in [-0.1, -0.05) is 23.2 Å². The van der Waals surface area contributed by atoms with Gasteiger partial charge >= 0.3 is 0 Å². The molecular weight excluding hydrogens is 316 g/mol. The van der Waals surface area contributed by atoms with Crippen LogP contribution in [-0.2, 0) is 10.0 Å². The zero-order valence-electron chi connectivity index (χ0n) is 9.14. The van der Waals surface area contributed by atoms with Gasteiger partial charge in [0.05, 0.1) is 17.4 Å². The van der Waals surface area contributed by atoms with E-state index in [9.17, 15) is 12.8 Å². The minimum atomic E-state index is -4.07. The number of anilines is 1. The van der Waals surface area contributed by atoms with Crippen LogP contribution < -0.4 is 4.72 Å². The summed E-state index contributed by atoms with van der Waals surface area (Å²) >= 11 is 11.3. The second-order valence-corrected chi connectivity index (χ2v) is 5.85. The van der Waals surface area contributed by atoms with E-state index in [0.717, 1.165) is 24.4 Å². The molecule has 100 valence electrons. The summed E-state index contributed by atoms with van der Waals surface area (Å²) in [5.41, 5.74) is 0. The number of aromatic nitrogens is 2. The van der Waals surface area contributed by atoms with Gasteiger partial charge in [-0.15, -0.1) is 0 Å². The summed E-state index contributed by atoms with van der Waals surface area (Å²) in [7, 11) is -4.07. The second-order valence-electron chi connectivity index (χ2n) is 3.41. The van der Waals surface area contributed by atoms with E-state index in [1.165, 1.54) is 6.20 Å². The Morgan fingerprint density at radius 2 is 1.95 bits per heavy atom. The third-order valence-electron chi connectivity index (χ3n) is 2.03. The molecule has 0 aliphatic carbocycles. The van der Waals surface area contributed by atoms with E-state index in [2.05, 4.69) is 14.7 Å². The normalized spacial score (nSPS) is 11.3. The fourth-order valence-electron chi connectivity index (χ4n) is 1.27. The summed E-state index contributed by atoms with van der Waals surface area (Å²) in [5.74, 6) is -0.810. The molecule has 0 aliphatic rings. The Bertz CT molecular complexity index is 724. The SMILES string of the molecule is O=S(=O)(Nc1cncc(Cl)n1)c1cc(F)ccc1Cl. The van der Waals surface area contributed by atoms with Crippen molar-refractivity contribution in [1.82, 2.24) is 9.97 Å². The van der Waals surface area contributed by atoms with E-state index in [-0.39, 0.29) is 16.0 Å². The number of hydrogen-bond acceptors (Lipinski definition) is 4. The van der Waals surface area contributed by atoms with Gasteiger partial charge in [0.1, 0.15) is 15.9 Å². The van der Waals surface area contributed by atoms with Crippen LogP contribution in [0.4, 0.5) is 10.2 Å². The van der Waals surface area contributed by atoms with E-state index in [1.807, 2.05) is 0 Å². The van der Waals surface area contributed by atoms with Gasteiger partial charge in [-0.2, -0.15) is 0 Å². The van der Waals surface area contributed by atoms with Gasteiger partial charge in [-0.3, -0.25) is 9.71 Å². The van der Waals surface area contributed by atoms with Gasteiger partial charge in [-0.25, -0.2) is 17.8 Å². The number of nitrogens with zero attached hydrogens (tertiary/aromatic N) is 2. The molecule has 0 radical (unpaired) electrons. The minimum Gasteiger partial charge on any atom is -0.262 e. The maximum Gasteiger partial charge on any atom is 0.264 e. The Kier molecular flexibility index (Phi) is 3.88.